The Morgan fingerprint density at radius 3 is 2.25 bits per heavy atom. The Balaban J connectivity index is 2.56. The Morgan fingerprint density at radius 2 is 1.75 bits per heavy atom. The molecule has 1 aromatic carbocycles. The Hall–Kier alpha value is -1.25. The molecular weight excluding hydrogens is 210 g/mol. The van der Waals surface area contributed by atoms with Crippen LogP contribution in [-0.4, -0.2) is 5.78 Å². The molecular formula is C13H16F2O. The Morgan fingerprint density at radius 1 is 1.19 bits per heavy atom. The van der Waals surface area contributed by atoms with Gasteiger partial charge < -0.3 is 0 Å². The van der Waals surface area contributed by atoms with Crippen molar-refractivity contribution in [1.82, 2.24) is 0 Å². The van der Waals surface area contributed by atoms with Gasteiger partial charge in [-0.2, -0.15) is 0 Å². The van der Waals surface area contributed by atoms with E-state index >= 15 is 0 Å². The van der Waals surface area contributed by atoms with Gasteiger partial charge in [0.05, 0.1) is 0 Å². The summed E-state index contributed by atoms with van der Waals surface area (Å²) < 4.78 is 25.7. The first kappa shape index (κ1) is 12.8. The first-order valence-electron chi connectivity index (χ1n) is 5.44. The van der Waals surface area contributed by atoms with Crippen LogP contribution in [0.25, 0.3) is 0 Å². The van der Waals surface area contributed by atoms with E-state index < -0.39 is 11.6 Å². The maximum Gasteiger partial charge on any atom is 0.137 e. The molecule has 0 saturated carbocycles. The van der Waals surface area contributed by atoms with E-state index in [-0.39, 0.29) is 12.2 Å². The molecule has 16 heavy (non-hydrogen) atoms. The van der Waals surface area contributed by atoms with Gasteiger partial charge in [0.25, 0.3) is 0 Å². The maximum absolute atomic E-state index is 12.8. The van der Waals surface area contributed by atoms with Crippen LogP contribution in [0, 0.1) is 17.6 Å². The molecule has 0 heterocycles. The molecule has 0 amide bonds. The highest BCUT2D eigenvalue weighted by molar-refractivity contribution is 5.80. The molecule has 0 saturated heterocycles. The largest absolute Gasteiger partial charge is 0.299 e. The topological polar surface area (TPSA) is 17.1 Å². The van der Waals surface area contributed by atoms with Gasteiger partial charge in [-0.25, -0.2) is 8.78 Å². The number of halogens is 2. The molecule has 1 nitrogen and oxygen atoms in total. The summed E-state index contributed by atoms with van der Waals surface area (Å²) in [6.07, 6.45) is 1.40. The van der Waals surface area contributed by atoms with E-state index in [0.717, 1.165) is 12.5 Å². The van der Waals surface area contributed by atoms with Gasteiger partial charge in [-0.15, -0.1) is 0 Å². The van der Waals surface area contributed by atoms with Gasteiger partial charge in [0.2, 0.25) is 0 Å². The normalized spacial score (nSPS) is 10.8. The molecule has 88 valence electrons. The smallest absolute Gasteiger partial charge is 0.137 e. The van der Waals surface area contributed by atoms with E-state index in [0.29, 0.717) is 17.9 Å². The minimum absolute atomic E-state index is 0.0266. The zero-order valence-corrected chi connectivity index (χ0v) is 9.59. The molecule has 0 spiro atoms. The number of Topliss-reactive ketones (excluding diaryl/α,β-unsaturated/α-hetero) is 1. The fraction of sp³-hybridized carbons (Fsp3) is 0.462. The molecule has 0 atom stereocenters. The monoisotopic (exact) mass is 226 g/mol. The number of carbonyl (C=O) groups excluding carboxylic acids is 1. The summed E-state index contributed by atoms with van der Waals surface area (Å²) >= 11 is 0. The first-order valence-corrected chi connectivity index (χ1v) is 5.44. The van der Waals surface area contributed by atoms with Crippen molar-refractivity contribution in [2.45, 2.75) is 33.1 Å². The summed E-state index contributed by atoms with van der Waals surface area (Å²) in [5.41, 5.74) is 0.409. The third-order valence-electron chi connectivity index (χ3n) is 2.32. The zero-order chi connectivity index (χ0) is 12.1. The number of rotatable bonds is 5. The number of hydrogen-bond acceptors (Lipinski definition) is 1. The quantitative estimate of drug-likeness (QED) is 0.750. The predicted octanol–water partition coefficient (Wildman–Crippen LogP) is 3.51. The lowest BCUT2D eigenvalue weighted by atomic mass is 10.0. The van der Waals surface area contributed by atoms with Crippen molar-refractivity contribution in [2.24, 2.45) is 5.92 Å². The number of carbonyl (C=O) groups is 1. The average molecular weight is 226 g/mol. The van der Waals surface area contributed by atoms with Crippen LogP contribution >= 0.6 is 0 Å². The summed E-state index contributed by atoms with van der Waals surface area (Å²) in [7, 11) is 0. The van der Waals surface area contributed by atoms with Gasteiger partial charge in [-0.1, -0.05) is 13.8 Å². The van der Waals surface area contributed by atoms with E-state index in [1.807, 2.05) is 13.8 Å². The summed E-state index contributed by atoms with van der Waals surface area (Å²) in [6.45, 7) is 4.07. The highest BCUT2D eigenvalue weighted by Crippen LogP contribution is 2.11. The minimum atomic E-state index is -0.633. The van der Waals surface area contributed by atoms with Gasteiger partial charge >= 0.3 is 0 Å². The molecule has 0 radical (unpaired) electrons. The fourth-order valence-corrected chi connectivity index (χ4v) is 1.48. The van der Waals surface area contributed by atoms with Crippen LogP contribution < -0.4 is 0 Å². The Kier molecular flexibility index (Phi) is 4.59. The third-order valence-corrected chi connectivity index (χ3v) is 2.32. The van der Waals surface area contributed by atoms with Crippen molar-refractivity contribution in [3.63, 3.8) is 0 Å². The summed E-state index contributed by atoms with van der Waals surface area (Å²) in [6, 6.07) is 3.22. The Bertz CT molecular complexity index is 352. The summed E-state index contributed by atoms with van der Waals surface area (Å²) in [5.74, 6) is -0.773. The second-order valence-electron chi connectivity index (χ2n) is 4.43. The van der Waals surface area contributed by atoms with Crippen LogP contribution in [0.4, 0.5) is 8.78 Å². The molecule has 0 aliphatic carbocycles. The van der Waals surface area contributed by atoms with E-state index in [9.17, 15) is 13.6 Å². The van der Waals surface area contributed by atoms with Crippen molar-refractivity contribution < 1.29 is 13.6 Å². The number of hydrogen-bond donors (Lipinski definition) is 0. The van der Waals surface area contributed by atoms with Crippen molar-refractivity contribution in [3.8, 4) is 0 Å². The van der Waals surface area contributed by atoms with Crippen LogP contribution in [0.1, 0.15) is 32.3 Å². The van der Waals surface area contributed by atoms with Crippen LogP contribution in [0.5, 0.6) is 0 Å². The third kappa shape index (κ3) is 4.51. The molecule has 0 fully saturated rings. The average Bonchev–Trinajstić information content (AvgIpc) is 2.12. The Labute approximate surface area is 94.5 Å². The van der Waals surface area contributed by atoms with Crippen molar-refractivity contribution in [1.29, 1.82) is 0 Å². The fourth-order valence-electron chi connectivity index (χ4n) is 1.48. The standard InChI is InChI=1S/C13H16F2O/c1-9(2)3-4-13(16)7-10-5-11(14)8-12(15)6-10/h5-6,8-9H,3-4,7H2,1-2H3. The van der Waals surface area contributed by atoms with E-state index in [1.165, 1.54) is 12.1 Å². The van der Waals surface area contributed by atoms with Crippen LogP contribution in [0.3, 0.4) is 0 Å². The minimum Gasteiger partial charge on any atom is -0.299 e. The number of benzene rings is 1. The molecule has 1 aromatic rings. The zero-order valence-electron chi connectivity index (χ0n) is 9.59. The van der Waals surface area contributed by atoms with Crippen LogP contribution in [-0.2, 0) is 11.2 Å². The molecule has 0 N–H and O–H groups in total. The molecule has 3 heteroatoms. The van der Waals surface area contributed by atoms with Gasteiger partial charge in [0.1, 0.15) is 17.4 Å². The van der Waals surface area contributed by atoms with Gasteiger partial charge in [-0.3, -0.25) is 4.79 Å². The summed E-state index contributed by atoms with van der Waals surface area (Å²) in [5, 5.41) is 0. The van der Waals surface area contributed by atoms with E-state index in [4.69, 9.17) is 0 Å². The second-order valence-corrected chi connectivity index (χ2v) is 4.43. The van der Waals surface area contributed by atoms with Gasteiger partial charge in [0, 0.05) is 18.9 Å². The molecule has 0 bridgehead atoms. The van der Waals surface area contributed by atoms with Crippen molar-refractivity contribution in [2.75, 3.05) is 0 Å². The predicted molar refractivity (Wildman–Crippen MR) is 59.1 cm³/mol. The highest BCUT2D eigenvalue weighted by atomic mass is 19.1. The van der Waals surface area contributed by atoms with E-state index in [2.05, 4.69) is 0 Å². The molecule has 0 aliphatic heterocycles. The highest BCUT2D eigenvalue weighted by Gasteiger charge is 2.07. The lowest BCUT2D eigenvalue weighted by Crippen LogP contribution is -2.05. The number of ketones is 1. The van der Waals surface area contributed by atoms with Crippen molar-refractivity contribution >= 4 is 5.78 Å². The maximum atomic E-state index is 12.8. The lowest BCUT2D eigenvalue weighted by molar-refractivity contribution is -0.118. The summed E-state index contributed by atoms with van der Waals surface area (Å²) in [4.78, 5) is 11.5. The molecule has 1 rings (SSSR count). The van der Waals surface area contributed by atoms with E-state index in [1.54, 1.807) is 0 Å². The van der Waals surface area contributed by atoms with Crippen LogP contribution in [0.2, 0.25) is 0 Å². The van der Waals surface area contributed by atoms with Crippen LogP contribution in [0.15, 0.2) is 18.2 Å². The van der Waals surface area contributed by atoms with Crippen molar-refractivity contribution in [3.05, 3.63) is 35.4 Å². The molecule has 0 aromatic heterocycles. The first-order chi connectivity index (χ1) is 7.47. The SMILES string of the molecule is CC(C)CCC(=O)Cc1cc(F)cc(F)c1. The lowest BCUT2D eigenvalue weighted by Gasteiger charge is -2.04. The second kappa shape index (κ2) is 5.73. The molecule has 0 aliphatic rings. The van der Waals surface area contributed by atoms with Gasteiger partial charge in [0.15, 0.2) is 0 Å². The van der Waals surface area contributed by atoms with Gasteiger partial charge in [-0.05, 0) is 30.0 Å². The molecule has 0 unspecified atom stereocenters.